The Bertz CT molecular complexity index is 584. The van der Waals surface area contributed by atoms with E-state index in [2.05, 4.69) is 10.3 Å². The quantitative estimate of drug-likeness (QED) is 0.903. The maximum absolute atomic E-state index is 5.70. The van der Waals surface area contributed by atoms with Crippen LogP contribution < -0.4 is 19.5 Å². The Hall–Kier alpha value is -2.27. The molecule has 104 valence electrons. The van der Waals surface area contributed by atoms with E-state index in [1.165, 1.54) is 0 Å². The number of nitrogens with one attached hydrogen (secondary N) is 1. The lowest BCUT2D eigenvalue weighted by Crippen LogP contribution is -2.06. The van der Waals surface area contributed by atoms with Gasteiger partial charge in [0, 0.05) is 18.8 Å². The summed E-state index contributed by atoms with van der Waals surface area (Å²) < 4.78 is 16.3. The molecule has 0 saturated carbocycles. The summed E-state index contributed by atoms with van der Waals surface area (Å²) in [4.78, 5) is 4.36. The highest BCUT2D eigenvalue weighted by atomic mass is 16.7. The van der Waals surface area contributed by atoms with Crippen molar-refractivity contribution < 1.29 is 14.2 Å². The van der Waals surface area contributed by atoms with Crippen LogP contribution in [0.5, 0.6) is 17.2 Å². The molecule has 1 aliphatic rings. The number of nitrogens with zero attached hydrogens (tertiary/aromatic N) is 1. The maximum atomic E-state index is 5.70. The van der Waals surface area contributed by atoms with E-state index in [0.717, 1.165) is 35.1 Å². The molecule has 1 aromatic carbocycles. The monoisotopic (exact) mass is 272 g/mol. The lowest BCUT2D eigenvalue weighted by atomic mass is 10.2. The highest BCUT2D eigenvalue weighted by Gasteiger charge is 2.13. The second kappa shape index (κ2) is 5.79. The van der Waals surface area contributed by atoms with Crippen molar-refractivity contribution in [1.29, 1.82) is 0 Å². The summed E-state index contributed by atoms with van der Waals surface area (Å²) in [5.74, 6) is 2.22. The molecule has 20 heavy (non-hydrogen) atoms. The minimum atomic E-state index is 0.271. The molecule has 5 heteroatoms. The Kier molecular flexibility index (Phi) is 3.69. The normalized spacial score (nSPS) is 12.4. The van der Waals surface area contributed by atoms with Crippen molar-refractivity contribution in [1.82, 2.24) is 10.3 Å². The summed E-state index contributed by atoms with van der Waals surface area (Å²) in [5.41, 5.74) is 2.04. The summed E-state index contributed by atoms with van der Waals surface area (Å²) in [5, 5.41) is 3.09. The number of rotatable bonds is 5. The van der Waals surface area contributed by atoms with Crippen LogP contribution in [0.15, 0.2) is 36.5 Å². The molecule has 0 amide bonds. The van der Waals surface area contributed by atoms with Crippen LogP contribution in [0.25, 0.3) is 0 Å². The standard InChI is InChI=1S/C15H16N2O3/c1-16-7-11-2-3-12(17-8-11)9-18-13-4-5-14-15(6-13)20-10-19-14/h2-6,8,16H,7,9-10H2,1H3. The van der Waals surface area contributed by atoms with Gasteiger partial charge in [0.2, 0.25) is 6.79 Å². The Morgan fingerprint density at radius 3 is 2.90 bits per heavy atom. The van der Waals surface area contributed by atoms with Crippen LogP contribution in [0.2, 0.25) is 0 Å². The maximum Gasteiger partial charge on any atom is 0.231 e. The molecule has 0 aliphatic carbocycles. The van der Waals surface area contributed by atoms with Gasteiger partial charge in [0.1, 0.15) is 12.4 Å². The number of hydrogen-bond acceptors (Lipinski definition) is 5. The number of benzene rings is 1. The molecule has 0 saturated heterocycles. The molecule has 0 spiro atoms. The van der Waals surface area contributed by atoms with Crippen molar-refractivity contribution >= 4 is 0 Å². The average Bonchev–Trinajstić information content (AvgIpc) is 2.94. The van der Waals surface area contributed by atoms with Gasteiger partial charge in [-0.2, -0.15) is 0 Å². The molecule has 0 atom stereocenters. The van der Waals surface area contributed by atoms with Crippen LogP contribution in [0.4, 0.5) is 0 Å². The van der Waals surface area contributed by atoms with Crippen molar-refractivity contribution in [2.75, 3.05) is 13.8 Å². The molecule has 0 fully saturated rings. The Morgan fingerprint density at radius 2 is 2.10 bits per heavy atom. The number of aromatic nitrogens is 1. The van der Waals surface area contributed by atoms with E-state index in [0.29, 0.717) is 6.61 Å². The van der Waals surface area contributed by atoms with Crippen molar-refractivity contribution in [2.24, 2.45) is 0 Å². The largest absolute Gasteiger partial charge is 0.487 e. The average molecular weight is 272 g/mol. The molecular weight excluding hydrogens is 256 g/mol. The van der Waals surface area contributed by atoms with Gasteiger partial charge >= 0.3 is 0 Å². The van der Waals surface area contributed by atoms with E-state index in [9.17, 15) is 0 Å². The molecule has 0 bridgehead atoms. The molecular formula is C15H16N2O3. The predicted octanol–water partition coefficient (Wildman–Crippen LogP) is 2.11. The van der Waals surface area contributed by atoms with Crippen LogP contribution in [-0.2, 0) is 13.2 Å². The third kappa shape index (κ3) is 2.83. The zero-order valence-corrected chi connectivity index (χ0v) is 11.3. The highest BCUT2D eigenvalue weighted by Crippen LogP contribution is 2.35. The van der Waals surface area contributed by atoms with Crippen molar-refractivity contribution in [2.45, 2.75) is 13.2 Å². The number of hydrogen-bond donors (Lipinski definition) is 1. The van der Waals surface area contributed by atoms with E-state index in [4.69, 9.17) is 14.2 Å². The SMILES string of the molecule is CNCc1ccc(COc2ccc3c(c2)OCO3)nc1. The summed E-state index contributed by atoms with van der Waals surface area (Å²) in [7, 11) is 1.91. The second-order valence-electron chi connectivity index (χ2n) is 4.49. The van der Waals surface area contributed by atoms with Gasteiger partial charge < -0.3 is 19.5 Å². The van der Waals surface area contributed by atoms with Gasteiger partial charge in [-0.1, -0.05) is 6.07 Å². The third-order valence-electron chi connectivity index (χ3n) is 3.00. The lowest BCUT2D eigenvalue weighted by molar-refractivity contribution is 0.173. The van der Waals surface area contributed by atoms with E-state index in [-0.39, 0.29) is 6.79 Å². The Morgan fingerprint density at radius 1 is 1.20 bits per heavy atom. The number of fused-ring (bicyclic) bond motifs is 1. The number of pyridine rings is 1. The predicted molar refractivity (Wildman–Crippen MR) is 73.9 cm³/mol. The smallest absolute Gasteiger partial charge is 0.231 e. The fourth-order valence-electron chi connectivity index (χ4n) is 1.97. The van der Waals surface area contributed by atoms with Gasteiger partial charge in [-0.15, -0.1) is 0 Å². The van der Waals surface area contributed by atoms with Gasteiger partial charge in [0.05, 0.1) is 5.69 Å². The first kappa shape index (κ1) is 12.7. The van der Waals surface area contributed by atoms with Crippen LogP contribution >= 0.6 is 0 Å². The third-order valence-corrected chi connectivity index (χ3v) is 3.00. The van der Waals surface area contributed by atoms with Crippen LogP contribution in [0.3, 0.4) is 0 Å². The minimum absolute atomic E-state index is 0.271. The first-order valence-electron chi connectivity index (χ1n) is 6.46. The van der Waals surface area contributed by atoms with E-state index < -0.39 is 0 Å². The van der Waals surface area contributed by atoms with Crippen LogP contribution in [-0.4, -0.2) is 18.8 Å². The lowest BCUT2D eigenvalue weighted by Gasteiger charge is -2.07. The van der Waals surface area contributed by atoms with Crippen molar-refractivity contribution in [3.8, 4) is 17.2 Å². The summed E-state index contributed by atoms with van der Waals surface area (Å²) >= 11 is 0. The Balaban J connectivity index is 1.61. The zero-order chi connectivity index (χ0) is 13.8. The van der Waals surface area contributed by atoms with Gasteiger partial charge in [-0.3, -0.25) is 4.98 Å². The molecule has 1 aliphatic heterocycles. The molecule has 0 radical (unpaired) electrons. The topological polar surface area (TPSA) is 52.6 Å². The zero-order valence-electron chi connectivity index (χ0n) is 11.3. The van der Waals surface area contributed by atoms with Gasteiger partial charge in [-0.25, -0.2) is 0 Å². The van der Waals surface area contributed by atoms with Gasteiger partial charge in [0.25, 0.3) is 0 Å². The van der Waals surface area contributed by atoms with Crippen molar-refractivity contribution in [3.05, 3.63) is 47.8 Å². The second-order valence-corrected chi connectivity index (χ2v) is 4.49. The highest BCUT2D eigenvalue weighted by molar-refractivity contribution is 5.46. The van der Waals surface area contributed by atoms with Crippen molar-refractivity contribution in [3.63, 3.8) is 0 Å². The van der Waals surface area contributed by atoms with Gasteiger partial charge in [0.15, 0.2) is 11.5 Å². The molecule has 1 N–H and O–H groups in total. The minimum Gasteiger partial charge on any atom is -0.487 e. The molecule has 1 aromatic heterocycles. The van der Waals surface area contributed by atoms with Gasteiger partial charge in [-0.05, 0) is 30.8 Å². The summed E-state index contributed by atoms with van der Waals surface area (Å²) in [6, 6.07) is 9.56. The number of ether oxygens (including phenoxy) is 3. The Labute approximate surface area is 117 Å². The molecule has 2 heterocycles. The molecule has 0 unspecified atom stereocenters. The first-order valence-corrected chi connectivity index (χ1v) is 6.46. The van der Waals surface area contributed by atoms with Crippen LogP contribution in [0.1, 0.15) is 11.3 Å². The van der Waals surface area contributed by atoms with E-state index in [1.54, 1.807) is 0 Å². The van der Waals surface area contributed by atoms with E-state index >= 15 is 0 Å². The summed E-state index contributed by atoms with van der Waals surface area (Å²) in [6.45, 7) is 1.52. The first-order chi connectivity index (χ1) is 9.85. The van der Waals surface area contributed by atoms with E-state index in [1.807, 2.05) is 43.6 Å². The summed E-state index contributed by atoms with van der Waals surface area (Å²) in [6.07, 6.45) is 1.86. The fourth-order valence-corrected chi connectivity index (χ4v) is 1.97. The molecule has 3 rings (SSSR count). The molecule has 2 aromatic rings. The molecule has 5 nitrogen and oxygen atoms in total. The van der Waals surface area contributed by atoms with Crippen LogP contribution in [0, 0.1) is 0 Å². The fraction of sp³-hybridized carbons (Fsp3) is 0.267.